The molecule has 194 valence electrons. The van der Waals surface area contributed by atoms with E-state index in [1.165, 1.54) is 25.6 Å². The topological polar surface area (TPSA) is 108 Å². The fourth-order valence-corrected chi connectivity index (χ4v) is 7.32. The molecule has 2 aliphatic rings. The molecule has 1 saturated carbocycles. The molecule has 9 nitrogen and oxygen atoms in total. The highest BCUT2D eigenvalue weighted by atomic mass is 32.2. The minimum Gasteiger partial charge on any atom is -0.493 e. The Labute approximate surface area is 211 Å². The summed E-state index contributed by atoms with van der Waals surface area (Å²) in [5, 5.41) is 0. The van der Waals surface area contributed by atoms with Gasteiger partial charge in [0.05, 0.1) is 32.8 Å². The third kappa shape index (κ3) is 4.43. The van der Waals surface area contributed by atoms with Crippen LogP contribution < -0.4 is 9.47 Å². The number of hydrogen-bond acceptors (Lipinski definition) is 8. The van der Waals surface area contributed by atoms with Gasteiger partial charge in [0.15, 0.2) is 11.5 Å². The van der Waals surface area contributed by atoms with E-state index in [9.17, 15) is 18.0 Å². The van der Waals surface area contributed by atoms with Crippen LogP contribution in [-0.4, -0.2) is 65.2 Å². The number of carbonyl (C=O) groups is 2. The lowest BCUT2D eigenvalue weighted by atomic mass is 9.61. The number of benzene rings is 2. The monoisotopic (exact) mass is 517 g/mol. The summed E-state index contributed by atoms with van der Waals surface area (Å²) in [6, 6.07) is 11.5. The van der Waals surface area contributed by atoms with Gasteiger partial charge in [0, 0.05) is 36.8 Å². The van der Waals surface area contributed by atoms with Crippen molar-refractivity contribution in [2.24, 2.45) is 5.92 Å². The first kappa shape index (κ1) is 26.0. The molecule has 1 heterocycles. The van der Waals surface area contributed by atoms with Gasteiger partial charge in [0.2, 0.25) is 10.0 Å². The first-order valence-electron chi connectivity index (χ1n) is 11.7. The summed E-state index contributed by atoms with van der Waals surface area (Å²) in [6.45, 7) is 1.90. The van der Waals surface area contributed by atoms with E-state index in [1.54, 1.807) is 30.3 Å². The van der Waals surface area contributed by atoms with Crippen molar-refractivity contribution < 1.29 is 37.0 Å². The van der Waals surface area contributed by atoms with E-state index in [-0.39, 0.29) is 36.7 Å². The molecular weight excluding hydrogens is 486 g/mol. The van der Waals surface area contributed by atoms with Crippen LogP contribution in [0.3, 0.4) is 0 Å². The molecule has 0 aromatic heterocycles. The van der Waals surface area contributed by atoms with Crippen LogP contribution in [0.1, 0.15) is 30.4 Å². The standard InChI is InChI=1S/C26H31NO8S/c1-17-5-8-21(9-6-17)36(30,31)27-15-19(16-35-25(29)34-4)26(12-11-20(28)14-24(26)27)18-7-10-22(32-2)23(13-18)33-3/h5-10,13,19,24H,11-12,14-16H2,1-4H3/t19-,24+,26-/m1/s1. The van der Waals surface area contributed by atoms with Crippen LogP contribution in [0.25, 0.3) is 0 Å². The van der Waals surface area contributed by atoms with Crippen molar-refractivity contribution in [1.82, 2.24) is 4.31 Å². The van der Waals surface area contributed by atoms with Gasteiger partial charge in [0.1, 0.15) is 5.78 Å². The van der Waals surface area contributed by atoms with Crippen LogP contribution in [0, 0.1) is 12.8 Å². The predicted molar refractivity (Wildman–Crippen MR) is 131 cm³/mol. The minimum atomic E-state index is -3.95. The zero-order valence-corrected chi connectivity index (χ0v) is 21.7. The van der Waals surface area contributed by atoms with E-state index >= 15 is 0 Å². The molecular formula is C26H31NO8S. The van der Waals surface area contributed by atoms with Crippen LogP contribution in [0.5, 0.6) is 11.5 Å². The summed E-state index contributed by atoms with van der Waals surface area (Å²) in [6.07, 6.45) is -0.0893. The summed E-state index contributed by atoms with van der Waals surface area (Å²) in [7, 11) is 0.340. The first-order chi connectivity index (χ1) is 17.2. The van der Waals surface area contributed by atoms with Crippen molar-refractivity contribution in [1.29, 1.82) is 0 Å². The molecule has 0 spiro atoms. The van der Waals surface area contributed by atoms with E-state index in [4.69, 9.17) is 14.2 Å². The Balaban J connectivity index is 1.86. The number of rotatable bonds is 7. The smallest absolute Gasteiger partial charge is 0.493 e. The van der Waals surface area contributed by atoms with Gasteiger partial charge < -0.3 is 18.9 Å². The molecule has 2 aromatic carbocycles. The minimum absolute atomic E-state index is 0.00487. The number of fused-ring (bicyclic) bond motifs is 1. The number of nitrogens with zero attached hydrogens (tertiary/aromatic N) is 1. The molecule has 0 amide bonds. The van der Waals surface area contributed by atoms with Crippen molar-refractivity contribution in [2.45, 2.75) is 42.5 Å². The van der Waals surface area contributed by atoms with Gasteiger partial charge >= 0.3 is 6.16 Å². The quantitative estimate of drug-likeness (QED) is 0.514. The maximum absolute atomic E-state index is 13.9. The summed E-state index contributed by atoms with van der Waals surface area (Å²) < 4.78 is 50.1. The molecule has 0 N–H and O–H groups in total. The number of carbonyl (C=O) groups excluding carboxylic acids is 2. The van der Waals surface area contributed by atoms with Crippen molar-refractivity contribution in [2.75, 3.05) is 34.5 Å². The number of ketones is 1. The Morgan fingerprint density at radius 2 is 1.75 bits per heavy atom. The molecule has 36 heavy (non-hydrogen) atoms. The van der Waals surface area contributed by atoms with E-state index in [0.29, 0.717) is 17.9 Å². The lowest BCUT2D eigenvalue weighted by molar-refractivity contribution is -0.122. The van der Waals surface area contributed by atoms with Gasteiger partial charge in [-0.2, -0.15) is 4.31 Å². The second-order valence-electron chi connectivity index (χ2n) is 9.22. The molecule has 4 rings (SSSR count). The second-order valence-corrected chi connectivity index (χ2v) is 11.1. The zero-order valence-electron chi connectivity index (χ0n) is 20.9. The predicted octanol–water partition coefficient (Wildman–Crippen LogP) is 3.48. The molecule has 1 saturated heterocycles. The fourth-order valence-electron chi connectivity index (χ4n) is 5.59. The van der Waals surface area contributed by atoms with Crippen molar-refractivity contribution in [3.05, 3.63) is 53.6 Å². The van der Waals surface area contributed by atoms with Gasteiger partial charge in [-0.1, -0.05) is 23.8 Å². The number of Topliss-reactive ketones (excluding diaryl/α,β-unsaturated/α-hetero) is 1. The molecule has 0 bridgehead atoms. The molecule has 0 unspecified atom stereocenters. The SMILES string of the molecule is COC(=O)OC[C@H]1CN(S(=O)(=O)c2ccc(C)cc2)[C@H]2CC(=O)CC[C@@]12c1ccc(OC)c(OC)c1. The Morgan fingerprint density at radius 1 is 1.06 bits per heavy atom. The number of methoxy groups -OCH3 is 3. The lowest BCUT2D eigenvalue weighted by Gasteiger charge is -2.44. The lowest BCUT2D eigenvalue weighted by Crippen LogP contribution is -2.51. The van der Waals surface area contributed by atoms with Gasteiger partial charge in [-0.05, 0) is 43.2 Å². The van der Waals surface area contributed by atoms with E-state index in [0.717, 1.165) is 11.1 Å². The molecule has 3 atom stereocenters. The van der Waals surface area contributed by atoms with E-state index < -0.39 is 33.6 Å². The van der Waals surface area contributed by atoms with Gasteiger partial charge in [-0.15, -0.1) is 0 Å². The molecule has 2 aromatic rings. The maximum Gasteiger partial charge on any atom is 0.507 e. The van der Waals surface area contributed by atoms with Gasteiger partial charge in [-0.3, -0.25) is 4.79 Å². The van der Waals surface area contributed by atoms with Gasteiger partial charge in [0.25, 0.3) is 0 Å². The van der Waals surface area contributed by atoms with Crippen molar-refractivity contribution in [3.63, 3.8) is 0 Å². The zero-order chi connectivity index (χ0) is 26.1. The van der Waals surface area contributed by atoms with Gasteiger partial charge in [-0.25, -0.2) is 13.2 Å². The normalized spacial score (nSPS) is 24.2. The van der Waals surface area contributed by atoms with Crippen LogP contribution in [0.4, 0.5) is 4.79 Å². The summed E-state index contributed by atoms with van der Waals surface area (Å²) in [4.78, 5) is 24.7. The Morgan fingerprint density at radius 3 is 2.39 bits per heavy atom. The summed E-state index contributed by atoms with van der Waals surface area (Å²) >= 11 is 0. The van der Waals surface area contributed by atoms with Crippen LogP contribution in [-0.2, 0) is 29.7 Å². The average Bonchev–Trinajstić information content (AvgIpc) is 3.22. The fraction of sp³-hybridized carbons (Fsp3) is 0.462. The third-order valence-electron chi connectivity index (χ3n) is 7.43. The molecule has 10 heteroatoms. The number of ether oxygens (including phenoxy) is 4. The summed E-state index contributed by atoms with van der Waals surface area (Å²) in [5.41, 5.74) is 0.948. The van der Waals surface area contributed by atoms with Crippen LogP contribution in [0.2, 0.25) is 0 Å². The van der Waals surface area contributed by atoms with Crippen molar-refractivity contribution in [3.8, 4) is 11.5 Å². The molecule has 0 radical (unpaired) electrons. The Hall–Kier alpha value is -3.11. The van der Waals surface area contributed by atoms with Crippen LogP contribution in [0.15, 0.2) is 47.4 Å². The van der Waals surface area contributed by atoms with E-state index in [1.807, 2.05) is 19.1 Å². The number of aryl methyl sites for hydroxylation is 1. The second kappa shape index (κ2) is 10.1. The highest BCUT2D eigenvalue weighted by Gasteiger charge is 2.60. The Kier molecular flexibility index (Phi) is 7.28. The van der Waals surface area contributed by atoms with Crippen LogP contribution >= 0.6 is 0 Å². The number of hydrogen-bond donors (Lipinski definition) is 0. The third-order valence-corrected chi connectivity index (χ3v) is 9.32. The maximum atomic E-state index is 13.9. The van der Waals surface area contributed by atoms with E-state index in [2.05, 4.69) is 4.74 Å². The number of sulfonamides is 1. The highest BCUT2D eigenvalue weighted by Crippen LogP contribution is 2.54. The molecule has 1 aliphatic heterocycles. The largest absolute Gasteiger partial charge is 0.507 e. The molecule has 2 fully saturated rings. The Bertz CT molecular complexity index is 1240. The van der Waals surface area contributed by atoms with Crippen molar-refractivity contribution >= 4 is 22.0 Å². The summed E-state index contributed by atoms with van der Waals surface area (Å²) in [5.74, 6) is 0.598. The molecule has 1 aliphatic carbocycles. The highest BCUT2D eigenvalue weighted by molar-refractivity contribution is 7.89. The average molecular weight is 518 g/mol. The first-order valence-corrected chi connectivity index (χ1v) is 13.1.